The van der Waals surface area contributed by atoms with Gasteiger partial charge >= 0.3 is 0 Å². The Morgan fingerprint density at radius 1 is 0.941 bits per heavy atom. The minimum absolute atomic E-state index is 0.368. The normalized spacial score (nSPS) is 12.2. The number of hydrogen-bond donors (Lipinski definition) is 0. The largest absolute Gasteiger partial charge is 0.377 e. The highest BCUT2D eigenvalue weighted by molar-refractivity contribution is 5.41. The first kappa shape index (κ1) is 11.6. The third-order valence-electron chi connectivity index (χ3n) is 3.08. The van der Waals surface area contributed by atoms with Crippen LogP contribution in [0.1, 0.15) is 18.5 Å². The van der Waals surface area contributed by atoms with Crippen molar-refractivity contribution < 1.29 is 4.57 Å². The molecule has 1 atom stereocenters. The van der Waals surface area contributed by atoms with Crippen molar-refractivity contribution in [3.05, 3.63) is 60.4 Å². The van der Waals surface area contributed by atoms with Gasteiger partial charge in [-0.25, -0.2) is 0 Å². The van der Waals surface area contributed by atoms with Gasteiger partial charge in [0.15, 0.2) is 18.4 Å². The van der Waals surface area contributed by atoms with Crippen molar-refractivity contribution in [3.63, 3.8) is 0 Å². The number of benzene rings is 1. The topological polar surface area (TPSA) is 7.12 Å². The van der Waals surface area contributed by atoms with Gasteiger partial charge in [-0.1, -0.05) is 30.3 Å². The average Bonchev–Trinajstić information content (AvgIpc) is 2.39. The summed E-state index contributed by atoms with van der Waals surface area (Å²) >= 11 is 0. The van der Waals surface area contributed by atoms with Gasteiger partial charge in [0.05, 0.1) is 0 Å². The summed E-state index contributed by atoms with van der Waals surface area (Å²) < 4.78 is 2.22. The molecule has 1 aromatic carbocycles. The van der Waals surface area contributed by atoms with Crippen LogP contribution in [0.25, 0.3) is 0 Å². The number of aromatic nitrogens is 1. The van der Waals surface area contributed by atoms with E-state index >= 15 is 0 Å². The van der Waals surface area contributed by atoms with Crippen molar-refractivity contribution in [2.45, 2.75) is 13.0 Å². The zero-order valence-electron chi connectivity index (χ0n) is 10.7. The van der Waals surface area contributed by atoms with Crippen LogP contribution in [0.3, 0.4) is 0 Å². The van der Waals surface area contributed by atoms with Crippen LogP contribution >= 0.6 is 0 Å². The Morgan fingerprint density at radius 3 is 2.06 bits per heavy atom. The van der Waals surface area contributed by atoms with Crippen molar-refractivity contribution in [1.29, 1.82) is 0 Å². The van der Waals surface area contributed by atoms with Gasteiger partial charge < -0.3 is 4.90 Å². The highest BCUT2D eigenvalue weighted by Crippen LogP contribution is 2.12. The fourth-order valence-electron chi connectivity index (χ4n) is 1.89. The van der Waals surface area contributed by atoms with E-state index in [9.17, 15) is 0 Å². The molecule has 1 heterocycles. The predicted octanol–water partition coefficient (Wildman–Crippen LogP) is 2.65. The Hall–Kier alpha value is -1.83. The summed E-state index contributed by atoms with van der Waals surface area (Å²) in [5, 5.41) is 0. The highest BCUT2D eigenvalue weighted by Gasteiger charge is 2.14. The molecule has 2 heteroatoms. The first-order valence-corrected chi connectivity index (χ1v) is 5.91. The molecule has 0 fully saturated rings. The lowest BCUT2D eigenvalue weighted by Crippen LogP contribution is -2.37. The molecule has 0 aliphatic carbocycles. The van der Waals surface area contributed by atoms with Crippen LogP contribution in [0.2, 0.25) is 0 Å². The van der Waals surface area contributed by atoms with Gasteiger partial charge in [-0.3, -0.25) is 0 Å². The minimum atomic E-state index is 0.368. The van der Waals surface area contributed by atoms with E-state index in [1.807, 2.05) is 0 Å². The maximum Gasteiger partial charge on any atom is 0.180 e. The van der Waals surface area contributed by atoms with Gasteiger partial charge in [-0.05, 0) is 0 Å². The molecular formula is C15H19N2+. The van der Waals surface area contributed by atoms with Crippen LogP contribution < -0.4 is 9.47 Å². The van der Waals surface area contributed by atoms with E-state index in [1.165, 1.54) is 11.3 Å². The number of nitrogens with zero attached hydrogens (tertiary/aromatic N) is 2. The summed E-state index contributed by atoms with van der Waals surface area (Å²) in [5.74, 6) is 0. The summed E-state index contributed by atoms with van der Waals surface area (Å²) in [4.78, 5) is 2.11. The Balaban J connectivity index is 2.23. The van der Waals surface area contributed by atoms with Crippen molar-refractivity contribution in [1.82, 2.24) is 0 Å². The van der Waals surface area contributed by atoms with Gasteiger partial charge in [-0.2, -0.15) is 4.57 Å². The minimum Gasteiger partial charge on any atom is -0.377 e. The van der Waals surface area contributed by atoms with Gasteiger partial charge in [0.2, 0.25) is 0 Å². The fourth-order valence-corrected chi connectivity index (χ4v) is 1.89. The van der Waals surface area contributed by atoms with Crippen molar-refractivity contribution in [2.75, 3.05) is 19.0 Å². The van der Waals surface area contributed by atoms with Crippen LogP contribution in [0.15, 0.2) is 54.9 Å². The van der Waals surface area contributed by atoms with Crippen LogP contribution in [0.5, 0.6) is 0 Å². The molecule has 2 nitrogen and oxygen atoms in total. The molecule has 2 rings (SSSR count). The molecule has 0 spiro atoms. The van der Waals surface area contributed by atoms with Crippen LogP contribution in [-0.2, 0) is 0 Å². The monoisotopic (exact) mass is 227 g/mol. The molecule has 17 heavy (non-hydrogen) atoms. The highest BCUT2D eigenvalue weighted by atomic mass is 15.1. The van der Waals surface area contributed by atoms with E-state index in [0.29, 0.717) is 6.04 Å². The Kier molecular flexibility index (Phi) is 3.43. The molecule has 0 N–H and O–H groups in total. The summed E-state index contributed by atoms with van der Waals surface area (Å²) in [6.45, 7) is 2.21. The molecule has 0 amide bonds. The maximum atomic E-state index is 2.22. The van der Waals surface area contributed by atoms with Crippen molar-refractivity contribution >= 4 is 5.69 Å². The van der Waals surface area contributed by atoms with Crippen molar-refractivity contribution in [2.24, 2.45) is 0 Å². The standard InChI is InChI=1S/C15H19N2/c1-13(14-7-5-4-6-8-14)17-11-9-15(10-12-17)16(2)3/h4-13H,1-3H3/q+1. The second-order valence-corrected chi connectivity index (χ2v) is 4.48. The molecule has 0 saturated heterocycles. The summed E-state index contributed by atoms with van der Waals surface area (Å²) in [7, 11) is 4.11. The molecule has 88 valence electrons. The van der Waals surface area contributed by atoms with Crippen molar-refractivity contribution in [3.8, 4) is 0 Å². The fraction of sp³-hybridized carbons (Fsp3) is 0.267. The quantitative estimate of drug-likeness (QED) is 0.731. The van der Waals surface area contributed by atoms with Crippen LogP contribution in [-0.4, -0.2) is 14.1 Å². The van der Waals surface area contributed by atoms with Gasteiger partial charge in [0.1, 0.15) is 0 Å². The number of hydrogen-bond acceptors (Lipinski definition) is 1. The lowest BCUT2D eigenvalue weighted by atomic mass is 10.1. The number of anilines is 1. The predicted molar refractivity (Wildman–Crippen MR) is 71.2 cm³/mol. The first-order chi connectivity index (χ1) is 8.18. The molecule has 0 saturated carbocycles. The van der Waals surface area contributed by atoms with Crippen LogP contribution in [0, 0.1) is 0 Å². The lowest BCUT2D eigenvalue weighted by molar-refractivity contribution is -0.710. The number of pyridine rings is 1. The summed E-state index contributed by atoms with van der Waals surface area (Å²) in [6.07, 6.45) is 4.26. The Bertz CT molecular complexity index is 460. The van der Waals surface area contributed by atoms with E-state index < -0.39 is 0 Å². The van der Waals surface area contributed by atoms with E-state index in [4.69, 9.17) is 0 Å². The van der Waals surface area contributed by atoms with Gasteiger partial charge in [0, 0.05) is 44.4 Å². The molecule has 0 aliphatic heterocycles. The Morgan fingerprint density at radius 2 is 1.53 bits per heavy atom. The second kappa shape index (κ2) is 5.00. The molecule has 0 radical (unpaired) electrons. The van der Waals surface area contributed by atoms with E-state index in [1.54, 1.807) is 0 Å². The molecule has 0 bridgehead atoms. The molecule has 2 aromatic rings. The lowest BCUT2D eigenvalue weighted by Gasteiger charge is -2.12. The second-order valence-electron chi connectivity index (χ2n) is 4.48. The molecule has 0 aliphatic rings. The smallest absolute Gasteiger partial charge is 0.180 e. The zero-order chi connectivity index (χ0) is 12.3. The third kappa shape index (κ3) is 2.64. The first-order valence-electron chi connectivity index (χ1n) is 5.91. The van der Waals surface area contributed by atoms with Gasteiger partial charge in [-0.15, -0.1) is 0 Å². The molecule has 1 unspecified atom stereocenters. The SMILES string of the molecule is CC(c1ccccc1)[n+]1ccc(N(C)C)cc1. The maximum absolute atomic E-state index is 2.22. The van der Waals surface area contributed by atoms with E-state index in [-0.39, 0.29) is 0 Å². The number of rotatable bonds is 3. The van der Waals surface area contributed by atoms with E-state index in [2.05, 4.69) is 85.3 Å². The third-order valence-corrected chi connectivity index (χ3v) is 3.08. The van der Waals surface area contributed by atoms with Crippen LogP contribution in [0.4, 0.5) is 5.69 Å². The van der Waals surface area contributed by atoms with E-state index in [0.717, 1.165) is 0 Å². The summed E-state index contributed by atoms with van der Waals surface area (Å²) in [5.41, 5.74) is 2.55. The zero-order valence-corrected chi connectivity index (χ0v) is 10.7. The average molecular weight is 227 g/mol. The summed E-state index contributed by atoms with van der Waals surface area (Å²) in [6, 6.07) is 15.2. The molecular weight excluding hydrogens is 208 g/mol. The van der Waals surface area contributed by atoms with Gasteiger partial charge in [0.25, 0.3) is 0 Å². The Labute approximate surface area is 103 Å². The molecule has 1 aromatic heterocycles.